The quantitative estimate of drug-likeness (QED) is 0.871. The van der Waals surface area contributed by atoms with E-state index in [1.807, 2.05) is 19.1 Å². The van der Waals surface area contributed by atoms with Crippen molar-refractivity contribution in [2.75, 3.05) is 0 Å². The van der Waals surface area contributed by atoms with E-state index in [0.717, 1.165) is 18.5 Å². The monoisotopic (exact) mass is 275 g/mol. The van der Waals surface area contributed by atoms with Crippen molar-refractivity contribution in [2.24, 2.45) is 0 Å². The van der Waals surface area contributed by atoms with Crippen LogP contribution in [0, 0.1) is 6.92 Å². The molecule has 1 aromatic rings. The summed E-state index contributed by atoms with van der Waals surface area (Å²) in [7, 11) is 0. The first-order chi connectivity index (χ1) is 9.17. The van der Waals surface area contributed by atoms with Gasteiger partial charge >= 0.3 is 0 Å². The molecule has 4 nitrogen and oxygen atoms in total. The third-order valence-electron chi connectivity index (χ3n) is 3.70. The third kappa shape index (κ3) is 3.79. The molecule has 2 N–H and O–H groups in total. The molecule has 110 valence electrons. The molecule has 0 saturated carbocycles. The van der Waals surface area contributed by atoms with Crippen molar-refractivity contribution in [3.8, 4) is 0 Å². The summed E-state index contributed by atoms with van der Waals surface area (Å²) in [5.74, 6) is -0.0315. The number of pyridine rings is 1. The molecule has 2 rings (SSSR count). The zero-order valence-corrected chi connectivity index (χ0v) is 13.1. The van der Waals surface area contributed by atoms with E-state index in [2.05, 4.69) is 43.3 Å². The molecule has 0 bridgehead atoms. The Morgan fingerprint density at radius 1 is 1.25 bits per heavy atom. The van der Waals surface area contributed by atoms with Gasteiger partial charge < -0.3 is 10.6 Å². The van der Waals surface area contributed by atoms with E-state index >= 15 is 0 Å². The van der Waals surface area contributed by atoms with Crippen molar-refractivity contribution in [2.45, 2.75) is 64.6 Å². The van der Waals surface area contributed by atoms with Gasteiger partial charge in [-0.25, -0.2) is 0 Å². The normalized spacial score (nSPS) is 21.4. The number of piperidine rings is 1. The van der Waals surface area contributed by atoms with Crippen molar-refractivity contribution in [3.05, 3.63) is 29.6 Å². The molecule has 1 aliphatic heterocycles. The summed E-state index contributed by atoms with van der Waals surface area (Å²) in [6.45, 7) is 10.6. The molecule has 20 heavy (non-hydrogen) atoms. The maximum Gasteiger partial charge on any atom is 0.253 e. The van der Waals surface area contributed by atoms with Gasteiger partial charge in [-0.3, -0.25) is 9.78 Å². The fourth-order valence-electron chi connectivity index (χ4n) is 3.30. The van der Waals surface area contributed by atoms with Crippen LogP contribution in [0.2, 0.25) is 0 Å². The predicted molar refractivity (Wildman–Crippen MR) is 80.8 cm³/mol. The van der Waals surface area contributed by atoms with Crippen molar-refractivity contribution >= 4 is 5.91 Å². The number of hydrogen-bond donors (Lipinski definition) is 2. The summed E-state index contributed by atoms with van der Waals surface area (Å²) in [4.78, 5) is 16.5. The summed E-state index contributed by atoms with van der Waals surface area (Å²) in [5, 5.41) is 6.77. The summed E-state index contributed by atoms with van der Waals surface area (Å²) >= 11 is 0. The molecular formula is C16H25N3O. The molecule has 1 saturated heterocycles. The lowest BCUT2D eigenvalue weighted by Crippen LogP contribution is -2.62. The number of nitrogens with zero attached hydrogens (tertiary/aromatic N) is 1. The van der Waals surface area contributed by atoms with Crippen LogP contribution < -0.4 is 10.6 Å². The van der Waals surface area contributed by atoms with Gasteiger partial charge in [-0.1, -0.05) is 0 Å². The first-order valence-electron chi connectivity index (χ1n) is 7.20. The van der Waals surface area contributed by atoms with Gasteiger partial charge in [0, 0.05) is 29.0 Å². The Balaban J connectivity index is 2.05. The Morgan fingerprint density at radius 3 is 2.35 bits per heavy atom. The van der Waals surface area contributed by atoms with E-state index in [-0.39, 0.29) is 23.0 Å². The SMILES string of the molecule is Cc1ccc(C(=O)NC2CC(C)(C)NC(C)(C)C2)cn1. The van der Waals surface area contributed by atoms with Gasteiger partial charge in [-0.15, -0.1) is 0 Å². The van der Waals surface area contributed by atoms with Crippen LogP contribution in [0.15, 0.2) is 18.3 Å². The molecule has 0 unspecified atom stereocenters. The highest BCUT2D eigenvalue weighted by Crippen LogP contribution is 2.28. The molecule has 0 atom stereocenters. The van der Waals surface area contributed by atoms with E-state index in [0.29, 0.717) is 5.56 Å². The van der Waals surface area contributed by atoms with Crippen LogP contribution in [-0.4, -0.2) is 28.0 Å². The second kappa shape index (κ2) is 5.17. The number of carbonyl (C=O) groups is 1. The van der Waals surface area contributed by atoms with E-state index in [4.69, 9.17) is 0 Å². The molecule has 1 aliphatic rings. The Hall–Kier alpha value is -1.42. The van der Waals surface area contributed by atoms with Crippen molar-refractivity contribution in [1.29, 1.82) is 0 Å². The van der Waals surface area contributed by atoms with Crippen molar-refractivity contribution in [1.82, 2.24) is 15.6 Å². The average molecular weight is 275 g/mol. The fraction of sp³-hybridized carbons (Fsp3) is 0.625. The van der Waals surface area contributed by atoms with Crippen LogP contribution in [0.5, 0.6) is 0 Å². The van der Waals surface area contributed by atoms with Gasteiger partial charge in [0.2, 0.25) is 0 Å². The van der Waals surface area contributed by atoms with E-state index in [1.54, 1.807) is 6.20 Å². The lowest BCUT2D eigenvalue weighted by molar-refractivity contribution is 0.0873. The van der Waals surface area contributed by atoms with Gasteiger partial charge in [0.15, 0.2) is 0 Å². The van der Waals surface area contributed by atoms with E-state index < -0.39 is 0 Å². The van der Waals surface area contributed by atoms with Crippen molar-refractivity contribution < 1.29 is 4.79 Å². The number of carbonyl (C=O) groups excluding carboxylic acids is 1. The van der Waals surface area contributed by atoms with Crippen LogP contribution in [-0.2, 0) is 0 Å². The average Bonchev–Trinajstić information content (AvgIpc) is 2.25. The largest absolute Gasteiger partial charge is 0.349 e. The third-order valence-corrected chi connectivity index (χ3v) is 3.70. The van der Waals surface area contributed by atoms with E-state index in [1.165, 1.54) is 0 Å². The second-order valence-corrected chi connectivity index (χ2v) is 7.16. The van der Waals surface area contributed by atoms with Gasteiger partial charge in [0.1, 0.15) is 0 Å². The van der Waals surface area contributed by atoms with E-state index in [9.17, 15) is 4.79 Å². The minimum absolute atomic E-state index is 0.0315. The molecular weight excluding hydrogens is 250 g/mol. The van der Waals surface area contributed by atoms with Gasteiger partial charge in [0.25, 0.3) is 5.91 Å². The number of rotatable bonds is 2. The lowest BCUT2D eigenvalue weighted by Gasteiger charge is -2.46. The lowest BCUT2D eigenvalue weighted by atomic mass is 9.79. The predicted octanol–water partition coefficient (Wildman–Crippen LogP) is 2.43. The number of hydrogen-bond acceptors (Lipinski definition) is 3. The fourth-order valence-corrected chi connectivity index (χ4v) is 3.30. The minimum atomic E-state index is -0.0315. The molecule has 0 aliphatic carbocycles. The maximum absolute atomic E-state index is 12.3. The first kappa shape index (κ1) is 15.0. The number of nitrogens with one attached hydrogen (secondary N) is 2. The summed E-state index contributed by atoms with van der Waals surface area (Å²) in [6, 6.07) is 3.88. The number of aromatic nitrogens is 1. The van der Waals surface area contributed by atoms with Crippen LogP contribution >= 0.6 is 0 Å². The minimum Gasteiger partial charge on any atom is -0.349 e. The highest BCUT2D eigenvalue weighted by Gasteiger charge is 2.38. The molecule has 4 heteroatoms. The Kier molecular flexibility index (Phi) is 3.87. The van der Waals surface area contributed by atoms with Crippen LogP contribution in [0.3, 0.4) is 0 Å². The highest BCUT2D eigenvalue weighted by molar-refractivity contribution is 5.94. The Bertz CT molecular complexity index is 475. The molecule has 1 aromatic heterocycles. The molecule has 0 aromatic carbocycles. The zero-order chi connectivity index (χ0) is 15.0. The Morgan fingerprint density at radius 2 is 1.85 bits per heavy atom. The topological polar surface area (TPSA) is 54.0 Å². The smallest absolute Gasteiger partial charge is 0.253 e. The van der Waals surface area contributed by atoms with Gasteiger partial charge in [-0.05, 0) is 59.6 Å². The second-order valence-electron chi connectivity index (χ2n) is 7.16. The highest BCUT2D eigenvalue weighted by atomic mass is 16.1. The zero-order valence-electron chi connectivity index (χ0n) is 13.1. The first-order valence-corrected chi connectivity index (χ1v) is 7.20. The molecule has 2 heterocycles. The number of aryl methyl sites for hydroxylation is 1. The molecule has 0 spiro atoms. The standard InChI is InChI=1S/C16H25N3O/c1-11-6-7-12(10-17-11)14(20)18-13-8-15(2,3)19-16(4,5)9-13/h6-7,10,13,19H,8-9H2,1-5H3,(H,18,20). The van der Waals surface area contributed by atoms with Crippen LogP contribution in [0.4, 0.5) is 0 Å². The van der Waals surface area contributed by atoms with Crippen LogP contribution in [0.25, 0.3) is 0 Å². The molecule has 1 amide bonds. The maximum atomic E-state index is 12.3. The number of amides is 1. The molecule has 1 fully saturated rings. The van der Waals surface area contributed by atoms with Gasteiger partial charge in [0.05, 0.1) is 5.56 Å². The van der Waals surface area contributed by atoms with Gasteiger partial charge in [-0.2, -0.15) is 0 Å². The summed E-state index contributed by atoms with van der Waals surface area (Å²) < 4.78 is 0. The summed E-state index contributed by atoms with van der Waals surface area (Å²) in [6.07, 6.45) is 3.50. The Labute approximate surface area is 121 Å². The van der Waals surface area contributed by atoms with Crippen LogP contribution in [0.1, 0.15) is 56.6 Å². The van der Waals surface area contributed by atoms with Crippen molar-refractivity contribution in [3.63, 3.8) is 0 Å². The summed E-state index contributed by atoms with van der Waals surface area (Å²) in [5.41, 5.74) is 1.62. The molecule has 0 radical (unpaired) electrons.